The first-order chi connectivity index (χ1) is 10.9. The van der Waals surface area contributed by atoms with Gasteiger partial charge in [0.05, 0.1) is 17.6 Å². The van der Waals surface area contributed by atoms with Gasteiger partial charge in [-0.25, -0.2) is 18.6 Å². The van der Waals surface area contributed by atoms with E-state index in [-0.39, 0.29) is 15.9 Å². The summed E-state index contributed by atoms with van der Waals surface area (Å²) in [5.41, 5.74) is 0.316. The first-order valence-corrected chi connectivity index (χ1v) is 7.06. The number of hydrogen-bond acceptors (Lipinski definition) is 5. The van der Waals surface area contributed by atoms with Crippen LogP contribution in [0.2, 0.25) is 0 Å². The standard InChI is InChI=1S/C14H10BrF2N3O3/c1-7-4-19-11(5-18-7)14(22)23-6-12(21)20-13-9(15)2-8(16)3-10(13)17/h2-5H,6H2,1H3,(H,20,21). The minimum Gasteiger partial charge on any atom is -0.451 e. The van der Waals surface area contributed by atoms with Crippen molar-refractivity contribution in [1.82, 2.24) is 9.97 Å². The molecule has 6 nitrogen and oxygen atoms in total. The molecule has 0 aliphatic rings. The van der Waals surface area contributed by atoms with E-state index in [4.69, 9.17) is 4.74 Å². The zero-order valence-corrected chi connectivity index (χ0v) is 13.4. The lowest BCUT2D eigenvalue weighted by Crippen LogP contribution is -2.22. The third-order valence-electron chi connectivity index (χ3n) is 2.60. The topological polar surface area (TPSA) is 81.2 Å². The Balaban J connectivity index is 1.95. The molecule has 0 atom stereocenters. The van der Waals surface area contributed by atoms with Crippen LogP contribution in [0.4, 0.5) is 14.5 Å². The van der Waals surface area contributed by atoms with Crippen LogP contribution in [0.3, 0.4) is 0 Å². The van der Waals surface area contributed by atoms with E-state index in [0.717, 1.165) is 6.07 Å². The summed E-state index contributed by atoms with van der Waals surface area (Å²) in [5.74, 6) is -3.38. The second-order valence-electron chi connectivity index (χ2n) is 4.41. The Morgan fingerprint density at radius 1 is 1.26 bits per heavy atom. The highest BCUT2D eigenvalue weighted by Crippen LogP contribution is 2.26. The number of benzene rings is 1. The van der Waals surface area contributed by atoms with Crippen molar-refractivity contribution < 1.29 is 23.1 Å². The molecule has 0 saturated carbocycles. The number of esters is 1. The van der Waals surface area contributed by atoms with Gasteiger partial charge in [0.1, 0.15) is 5.82 Å². The lowest BCUT2D eigenvalue weighted by molar-refractivity contribution is -0.119. The van der Waals surface area contributed by atoms with Crippen LogP contribution in [0.25, 0.3) is 0 Å². The summed E-state index contributed by atoms with van der Waals surface area (Å²) in [6.45, 7) is 1.04. The number of halogens is 3. The number of ether oxygens (including phenoxy) is 1. The molecular weight excluding hydrogens is 376 g/mol. The summed E-state index contributed by atoms with van der Waals surface area (Å²) in [5, 5.41) is 2.18. The minimum absolute atomic E-state index is 0.0269. The van der Waals surface area contributed by atoms with E-state index < -0.39 is 30.1 Å². The summed E-state index contributed by atoms with van der Waals surface area (Å²) in [6, 6.07) is 1.61. The fourth-order valence-electron chi connectivity index (χ4n) is 1.54. The van der Waals surface area contributed by atoms with E-state index in [1.807, 2.05) is 0 Å². The molecule has 0 saturated heterocycles. The summed E-state index contributed by atoms with van der Waals surface area (Å²) < 4.78 is 31.3. The molecule has 1 heterocycles. The molecule has 0 radical (unpaired) electrons. The van der Waals surface area contributed by atoms with Crippen molar-refractivity contribution >= 4 is 33.5 Å². The number of carbonyl (C=O) groups excluding carboxylic acids is 2. The van der Waals surface area contributed by atoms with Crippen LogP contribution in [0.1, 0.15) is 16.2 Å². The number of carbonyl (C=O) groups is 2. The van der Waals surface area contributed by atoms with Gasteiger partial charge in [0.25, 0.3) is 5.91 Å². The molecule has 0 spiro atoms. The molecule has 2 aromatic rings. The zero-order valence-electron chi connectivity index (χ0n) is 11.8. The Morgan fingerprint density at radius 3 is 2.61 bits per heavy atom. The third-order valence-corrected chi connectivity index (χ3v) is 3.22. The van der Waals surface area contributed by atoms with Crippen LogP contribution < -0.4 is 5.32 Å². The highest BCUT2D eigenvalue weighted by Gasteiger charge is 2.15. The monoisotopic (exact) mass is 385 g/mol. The van der Waals surface area contributed by atoms with Crippen molar-refractivity contribution in [3.8, 4) is 0 Å². The normalized spacial score (nSPS) is 10.3. The van der Waals surface area contributed by atoms with E-state index in [1.54, 1.807) is 6.92 Å². The molecule has 1 amide bonds. The van der Waals surface area contributed by atoms with Gasteiger partial charge < -0.3 is 10.1 Å². The summed E-state index contributed by atoms with van der Waals surface area (Å²) >= 11 is 2.93. The molecule has 1 aromatic carbocycles. The fourth-order valence-corrected chi connectivity index (χ4v) is 2.05. The molecule has 9 heteroatoms. The second kappa shape index (κ2) is 7.23. The quantitative estimate of drug-likeness (QED) is 0.818. The van der Waals surface area contributed by atoms with Gasteiger partial charge in [-0.2, -0.15) is 0 Å². The highest BCUT2D eigenvalue weighted by molar-refractivity contribution is 9.10. The molecule has 0 aliphatic carbocycles. The SMILES string of the molecule is Cc1cnc(C(=O)OCC(=O)Nc2c(F)cc(F)cc2Br)cn1. The van der Waals surface area contributed by atoms with Gasteiger partial charge in [-0.3, -0.25) is 9.78 Å². The van der Waals surface area contributed by atoms with Gasteiger partial charge in [-0.15, -0.1) is 0 Å². The molecule has 0 fully saturated rings. The highest BCUT2D eigenvalue weighted by atomic mass is 79.9. The molecule has 120 valence electrons. The number of nitrogens with zero attached hydrogens (tertiary/aromatic N) is 2. The van der Waals surface area contributed by atoms with Gasteiger partial charge in [0.2, 0.25) is 0 Å². The van der Waals surface area contributed by atoms with Gasteiger partial charge in [-0.05, 0) is 28.9 Å². The van der Waals surface area contributed by atoms with E-state index in [0.29, 0.717) is 11.8 Å². The summed E-state index contributed by atoms with van der Waals surface area (Å²) in [7, 11) is 0. The van der Waals surface area contributed by atoms with Crippen molar-refractivity contribution in [3.63, 3.8) is 0 Å². The number of aryl methyl sites for hydroxylation is 1. The summed E-state index contributed by atoms with van der Waals surface area (Å²) in [6.07, 6.45) is 2.59. The first kappa shape index (κ1) is 16.9. The molecule has 2 rings (SSSR count). The smallest absolute Gasteiger partial charge is 0.359 e. The van der Waals surface area contributed by atoms with E-state index >= 15 is 0 Å². The molecule has 1 aromatic heterocycles. The van der Waals surface area contributed by atoms with Crippen molar-refractivity contribution in [2.45, 2.75) is 6.92 Å². The van der Waals surface area contributed by atoms with Crippen LogP contribution >= 0.6 is 15.9 Å². The molecule has 1 N–H and O–H groups in total. The number of aromatic nitrogens is 2. The number of hydrogen-bond donors (Lipinski definition) is 1. The Labute approximate surface area is 138 Å². The van der Waals surface area contributed by atoms with Crippen molar-refractivity contribution in [3.05, 3.63) is 52.0 Å². The van der Waals surface area contributed by atoms with Gasteiger partial charge in [-0.1, -0.05) is 0 Å². The number of nitrogens with one attached hydrogen (secondary N) is 1. The van der Waals surface area contributed by atoms with Gasteiger partial charge >= 0.3 is 5.97 Å². The Morgan fingerprint density at radius 2 is 2.00 bits per heavy atom. The van der Waals surface area contributed by atoms with Crippen LogP contribution in [0.15, 0.2) is 29.0 Å². The fraction of sp³-hybridized carbons (Fsp3) is 0.143. The van der Waals surface area contributed by atoms with Gasteiger partial charge in [0, 0.05) is 16.7 Å². The molecular formula is C14H10BrF2N3O3. The van der Waals surface area contributed by atoms with E-state index in [9.17, 15) is 18.4 Å². The van der Waals surface area contributed by atoms with Crippen molar-refractivity contribution in [2.24, 2.45) is 0 Å². The van der Waals surface area contributed by atoms with E-state index in [2.05, 4.69) is 31.2 Å². The van der Waals surface area contributed by atoms with Crippen molar-refractivity contribution in [2.75, 3.05) is 11.9 Å². The number of anilines is 1. The van der Waals surface area contributed by atoms with Crippen LogP contribution in [0, 0.1) is 18.6 Å². The number of rotatable bonds is 4. The number of amides is 1. The van der Waals surface area contributed by atoms with Crippen LogP contribution in [0.5, 0.6) is 0 Å². The maximum atomic E-state index is 13.6. The average molecular weight is 386 g/mol. The van der Waals surface area contributed by atoms with Crippen LogP contribution in [-0.4, -0.2) is 28.5 Å². The Bertz CT molecular complexity index is 730. The molecule has 0 bridgehead atoms. The maximum absolute atomic E-state index is 13.6. The Hall–Kier alpha value is -2.42. The molecule has 23 heavy (non-hydrogen) atoms. The van der Waals surface area contributed by atoms with Gasteiger partial charge in [0.15, 0.2) is 18.1 Å². The Kier molecular flexibility index (Phi) is 5.32. The lowest BCUT2D eigenvalue weighted by Gasteiger charge is -2.09. The molecule has 0 unspecified atom stereocenters. The minimum atomic E-state index is -0.957. The second-order valence-corrected chi connectivity index (χ2v) is 5.27. The predicted octanol–water partition coefficient (Wildman–Crippen LogP) is 2.62. The summed E-state index contributed by atoms with van der Waals surface area (Å²) in [4.78, 5) is 31.0. The third kappa shape index (κ3) is 4.52. The van der Waals surface area contributed by atoms with Crippen LogP contribution in [-0.2, 0) is 9.53 Å². The first-order valence-electron chi connectivity index (χ1n) is 6.27. The maximum Gasteiger partial charge on any atom is 0.359 e. The lowest BCUT2D eigenvalue weighted by atomic mass is 10.3. The predicted molar refractivity (Wildman–Crippen MR) is 79.7 cm³/mol. The van der Waals surface area contributed by atoms with E-state index in [1.165, 1.54) is 12.4 Å². The largest absolute Gasteiger partial charge is 0.451 e. The van der Waals surface area contributed by atoms with Crippen molar-refractivity contribution in [1.29, 1.82) is 0 Å². The molecule has 0 aliphatic heterocycles. The average Bonchev–Trinajstić information content (AvgIpc) is 2.49. The zero-order chi connectivity index (χ0) is 17.0.